The third-order valence-corrected chi connectivity index (χ3v) is 2.49. The molecule has 1 aromatic rings. The predicted molar refractivity (Wildman–Crippen MR) is 55.4 cm³/mol. The van der Waals surface area contributed by atoms with E-state index in [1.807, 2.05) is 19.1 Å². The van der Waals surface area contributed by atoms with E-state index < -0.39 is 0 Å². The topological polar surface area (TPSA) is 34.2 Å². The highest BCUT2D eigenvalue weighted by molar-refractivity contribution is 5.30. The Morgan fingerprint density at radius 3 is 3.21 bits per heavy atom. The van der Waals surface area contributed by atoms with E-state index in [1.165, 1.54) is 0 Å². The number of hydrogen-bond donors (Lipinski definition) is 1. The molecule has 0 aliphatic carbocycles. The molecule has 1 N–H and O–H groups in total. The summed E-state index contributed by atoms with van der Waals surface area (Å²) in [5.74, 6) is 0.937. The maximum absolute atomic E-state index is 5.84. The van der Waals surface area contributed by atoms with Crippen LogP contribution in [0.2, 0.25) is 0 Å². The summed E-state index contributed by atoms with van der Waals surface area (Å²) in [5.41, 5.74) is 2.07. The molecule has 0 fully saturated rings. The Bertz CT molecular complexity index is 325. The number of nitrogens with one attached hydrogen (secondary N) is 1. The molecule has 1 aromatic heterocycles. The first-order valence-electron chi connectivity index (χ1n) is 5.13. The van der Waals surface area contributed by atoms with Gasteiger partial charge in [-0.15, -0.1) is 0 Å². The van der Waals surface area contributed by atoms with Crippen molar-refractivity contribution >= 4 is 0 Å². The Labute approximate surface area is 84.5 Å². The van der Waals surface area contributed by atoms with Crippen LogP contribution in [-0.2, 0) is 6.54 Å². The minimum absolute atomic E-state index is 0.278. The number of rotatable bonds is 1. The number of nitrogens with zero attached hydrogens (tertiary/aromatic N) is 1. The summed E-state index contributed by atoms with van der Waals surface area (Å²) in [7, 11) is 0. The van der Waals surface area contributed by atoms with Gasteiger partial charge in [-0.25, -0.2) is 0 Å². The second-order valence-electron chi connectivity index (χ2n) is 3.68. The van der Waals surface area contributed by atoms with Crippen molar-refractivity contribution in [1.29, 1.82) is 0 Å². The van der Waals surface area contributed by atoms with E-state index >= 15 is 0 Å². The normalized spacial score (nSPS) is 20.9. The monoisotopic (exact) mass is 192 g/mol. The summed E-state index contributed by atoms with van der Waals surface area (Å²) in [6.45, 7) is 5.86. The first kappa shape index (κ1) is 9.46. The van der Waals surface area contributed by atoms with Crippen LogP contribution in [0.1, 0.15) is 24.7 Å². The van der Waals surface area contributed by atoms with Gasteiger partial charge in [0.2, 0.25) is 0 Å². The van der Waals surface area contributed by atoms with Crippen molar-refractivity contribution in [2.24, 2.45) is 0 Å². The van der Waals surface area contributed by atoms with Gasteiger partial charge < -0.3 is 10.1 Å². The fourth-order valence-corrected chi connectivity index (χ4v) is 1.63. The molecule has 0 saturated heterocycles. The largest absolute Gasteiger partial charge is 0.487 e. The lowest BCUT2D eigenvalue weighted by atomic mass is 10.3. The van der Waals surface area contributed by atoms with E-state index in [-0.39, 0.29) is 6.10 Å². The van der Waals surface area contributed by atoms with Gasteiger partial charge in [-0.3, -0.25) is 4.98 Å². The van der Waals surface area contributed by atoms with Crippen molar-refractivity contribution in [3.63, 3.8) is 0 Å². The molecule has 2 heterocycles. The maximum Gasteiger partial charge on any atom is 0.142 e. The fourth-order valence-electron chi connectivity index (χ4n) is 1.63. The van der Waals surface area contributed by atoms with E-state index in [1.54, 1.807) is 0 Å². The third kappa shape index (κ3) is 1.87. The number of fused-ring (bicyclic) bond motifs is 1. The van der Waals surface area contributed by atoms with E-state index in [0.717, 1.165) is 36.6 Å². The minimum atomic E-state index is 0.278. The molecule has 76 valence electrons. The lowest BCUT2D eigenvalue weighted by Gasteiger charge is -2.14. The van der Waals surface area contributed by atoms with Crippen molar-refractivity contribution < 1.29 is 4.74 Å². The molecule has 0 unspecified atom stereocenters. The van der Waals surface area contributed by atoms with Crippen LogP contribution in [0.15, 0.2) is 12.1 Å². The van der Waals surface area contributed by atoms with Gasteiger partial charge >= 0.3 is 0 Å². The molecule has 0 spiro atoms. The van der Waals surface area contributed by atoms with Crippen LogP contribution < -0.4 is 10.1 Å². The maximum atomic E-state index is 5.84. The summed E-state index contributed by atoms with van der Waals surface area (Å²) >= 11 is 0. The predicted octanol–water partition coefficient (Wildman–Crippen LogP) is 1.65. The van der Waals surface area contributed by atoms with E-state index in [9.17, 15) is 0 Å². The number of pyridine rings is 1. The molecule has 1 atom stereocenters. The first-order chi connectivity index (χ1) is 6.79. The van der Waals surface area contributed by atoms with Crippen molar-refractivity contribution in [3.05, 3.63) is 23.5 Å². The summed E-state index contributed by atoms with van der Waals surface area (Å²) in [4.78, 5) is 4.45. The Balaban J connectivity index is 2.27. The first-order valence-corrected chi connectivity index (χ1v) is 5.13. The van der Waals surface area contributed by atoms with Crippen molar-refractivity contribution in [1.82, 2.24) is 10.3 Å². The van der Waals surface area contributed by atoms with Crippen molar-refractivity contribution in [2.45, 2.75) is 32.9 Å². The standard InChI is InChI=1S/C11H16N2O/c1-3-9-6-12-7-10-11(14-9)5-4-8(2)13-10/h4-5,9,12H,3,6-7H2,1-2H3/t9-/m1/s1. The molecule has 3 nitrogen and oxygen atoms in total. The van der Waals surface area contributed by atoms with E-state index in [4.69, 9.17) is 4.74 Å². The highest BCUT2D eigenvalue weighted by Crippen LogP contribution is 2.21. The molecule has 0 amide bonds. The zero-order valence-electron chi connectivity index (χ0n) is 8.71. The molecule has 0 saturated carbocycles. The Morgan fingerprint density at radius 1 is 1.57 bits per heavy atom. The molecule has 14 heavy (non-hydrogen) atoms. The molecule has 0 aromatic carbocycles. The molecule has 1 aliphatic heterocycles. The molecule has 1 aliphatic rings. The molecule has 3 heteroatoms. The Kier molecular flexibility index (Phi) is 2.68. The average Bonchev–Trinajstić information content (AvgIpc) is 2.38. The zero-order valence-corrected chi connectivity index (χ0v) is 8.71. The minimum Gasteiger partial charge on any atom is -0.487 e. The lowest BCUT2D eigenvalue weighted by Crippen LogP contribution is -2.27. The highest BCUT2D eigenvalue weighted by atomic mass is 16.5. The third-order valence-electron chi connectivity index (χ3n) is 2.49. The lowest BCUT2D eigenvalue weighted by molar-refractivity contribution is 0.201. The molecular formula is C11H16N2O. The Morgan fingerprint density at radius 2 is 2.43 bits per heavy atom. The van der Waals surface area contributed by atoms with Crippen molar-refractivity contribution in [2.75, 3.05) is 6.54 Å². The summed E-state index contributed by atoms with van der Waals surface area (Å²) in [6, 6.07) is 4.02. The van der Waals surface area contributed by atoms with Gasteiger partial charge in [0.05, 0.1) is 5.69 Å². The van der Waals surface area contributed by atoms with Gasteiger partial charge in [-0.05, 0) is 25.5 Å². The highest BCUT2D eigenvalue weighted by Gasteiger charge is 2.16. The second-order valence-corrected chi connectivity index (χ2v) is 3.68. The van der Waals surface area contributed by atoms with Crippen LogP contribution in [0.25, 0.3) is 0 Å². The summed E-state index contributed by atoms with van der Waals surface area (Å²) < 4.78 is 5.84. The molecule has 0 bridgehead atoms. The second kappa shape index (κ2) is 3.96. The molecule has 2 rings (SSSR count). The SMILES string of the molecule is CC[C@@H]1CNCc2nc(C)ccc2O1. The quantitative estimate of drug-likeness (QED) is 0.734. The Hall–Kier alpha value is -1.09. The van der Waals surface area contributed by atoms with Gasteiger partial charge in [0, 0.05) is 18.8 Å². The number of hydrogen-bond acceptors (Lipinski definition) is 3. The summed E-state index contributed by atoms with van der Waals surface area (Å²) in [5, 5.41) is 3.34. The van der Waals surface area contributed by atoms with Gasteiger partial charge in [0.1, 0.15) is 11.9 Å². The number of aromatic nitrogens is 1. The van der Waals surface area contributed by atoms with E-state index in [0.29, 0.717) is 0 Å². The van der Waals surface area contributed by atoms with Gasteiger partial charge in [-0.2, -0.15) is 0 Å². The van der Waals surface area contributed by atoms with Crippen LogP contribution >= 0.6 is 0 Å². The van der Waals surface area contributed by atoms with Crippen LogP contribution in [0.3, 0.4) is 0 Å². The fraction of sp³-hybridized carbons (Fsp3) is 0.545. The molecule has 0 radical (unpaired) electrons. The van der Waals surface area contributed by atoms with Crippen LogP contribution in [-0.4, -0.2) is 17.6 Å². The average molecular weight is 192 g/mol. The van der Waals surface area contributed by atoms with E-state index in [2.05, 4.69) is 17.2 Å². The van der Waals surface area contributed by atoms with Gasteiger partial charge in [0.15, 0.2) is 0 Å². The smallest absolute Gasteiger partial charge is 0.142 e. The van der Waals surface area contributed by atoms with Crippen LogP contribution in [0.4, 0.5) is 0 Å². The molecular weight excluding hydrogens is 176 g/mol. The van der Waals surface area contributed by atoms with Crippen molar-refractivity contribution in [3.8, 4) is 5.75 Å². The number of aryl methyl sites for hydroxylation is 1. The van der Waals surface area contributed by atoms with Gasteiger partial charge in [0.25, 0.3) is 0 Å². The number of ether oxygens (including phenoxy) is 1. The van der Waals surface area contributed by atoms with Crippen LogP contribution in [0, 0.1) is 6.92 Å². The zero-order chi connectivity index (χ0) is 9.97. The summed E-state index contributed by atoms with van der Waals surface area (Å²) in [6.07, 6.45) is 1.31. The van der Waals surface area contributed by atoms with Gasteiger partial charge in [-0.1, -0.05) is 6.92 Å². The van der Waals surface area contributed by atoms with Crippen LogP contribution in [0.5, 0.6) is 5.75 Å².